The van der Waals surface area contributed by atoms with Crippen LogP contribution in [-0.2, 0) is 19.4 Å². The summed E-state index contributed by atoms with van der Waals surface area (Å²) in [6, 6.07) is 15.7. The van der Waals surface area contributed by atoms with Crippen molar-refractivity contribution < 1.29 is 0 Å². The van der Waals surface area contributed by atoms with Crippen molar-refractivity contribution in [1.82, 2.24) is 15.3 Å². The third-order valence-corrected chi connectivity index (χ3v) is 8.29. The Morgan fingerprint density at radius 1 is 0.842 bits per heavy atom. The molecule has 0 amide bonds. The van der Waals surface area contributed by atoms with E-state index in [4.69, 9.17) is 4.98 Å². The Bertz CT molecular complexity index is 1340. The first-order valence-electron chi connectivity index (χ1n) is 14.9. The second kappa shape index (κ2) is 13.2. The molecule has 0 atom stereocenters. The van der Waals surface area contributed by atoms with Crippen LogP contribution in [0.3, 0.4) is 0 Å². The molecule has 0 unspecified atom stereocenters. The number of aromatic nitrogens is 2. The topological polar surface area (TPSA) is 49.8 Å². The van der Waals surface area contributed by atoms with Crippen LogP contribution in [0, 0.1) is 12.8 Å². The predicted octanol–water partition coefficient (Wildman–Crippen LogP) is 8.15. The van der Waals surface area contributed by atoms with Gasteiger partial charge in [0.1, 0.15) is 5.82 Å². The maximum absolute atomic E-state index is 4.94. The zero-order valence-corrected chi connectivity index (χ0v) is 23.4. The molecular weight excluding hydrogens is 464 g/mol. The largest absolute Gasteiger partial charge is 0.370 e. The molecule has 1 aliphatic rings. The molecule has 200 valence electrons. The van der Waals surface area contributed by atoms with Crippen molar-refractivity contribution in [3.63, 3.8) is 0 Å². The molecule has 4 nitrogen and oxygen atoms in total. The Morgan fingerprint density at radius 3 is 2.50 bits per heavy atom. The Hall–Kier alpha value is -2.98. The summed E-state index contributed by atoms with van der Waals surface area (Å²) < 4.78 is 0. The number of pyridine rings is 2. The van der Waals surface area contributed by atoms with Crippen LogP contribution in [0.25, 0.3) is 21.7 Å². The summed E-state index contributed by atoms with van der Waals surface area (Å²) in [6.07, 6.45) is 16.8. The van der Waals surface area contributed by atoms with Crippen LogP contribution in [0.5, 0.6) is 0 Å². The first-order valence-corrected chi connectivity index (χ1v) is 14.9. The summed E-state index contributed by atoms with van der Waals surface area (Å²) in [4.78, 5) is 9.30. The SMILES string of the molecule is CCc1cc(CNCCCCCCCNc2nc3cc(C)ccc3c3cnccc23)ccc1CC1CCC1. The van der Waals surface area contributed by atoms with E-state index in [1.807, 2.05) is 12.4 Å². The zero-order chi connectivity index (χ0) is 26.2. The molecule has 2 heterocycles. The average molecular weight is 509 g/mol. The number of rotatable bonds is 14. The molecule has 0 saturated heterocycles. The maximum Gasteiger partial charge on any atom is 0.134 e. The van der Waals surface area contributed by atoms with Crippen LogP contribution < -0.4 is 10.6 Å². The lowest BCUT2D eigenvalue weighted by Crippen LogP contribution is -2.16. The van der Waals surface area contributed by atoms with Gasteiger partial charge >= 0.3 is 0 Å². The van der Waals surface area contributed by atoms with Crippen molar-refractivity contribution in [2.24, 2.45) is 5.92 Å². The molecule has 4 aromatic rings. The highest BCUT2D eigenvalue weighted by molar-refractivity contribution is 6.09. The van der Waals surface area contributed by atoms with Crippen molar-refractivity contribution in [1.29, 1.82) is 0 Å². The van der Waals surface area contributed by atoms with Gasteiger partial charge in [-0.2, -0.15) is 0 Å². The van der Waals surface area contributed by atoms with Crippen molar-refractivity contribution >= 4 is 27.5 Å². The Balaban J connectivity index is 0.989. The van der Waals surface area contributed by atoms with E-state index in [1.54, 1.807) is 11.1 Å². The lowest BCUT2D eigenvalue weighted by molar-refractivity contribution is 0.314. The highest BCUT2D eigenvalue weighted by Gasteiger charge is 2.18. The normalized spacial score (nSPS) is 13.7. The van der Waals surface area contributed by atoms with E-state index in [1.165, 1.54) is 79.7 Å². The van der Waals surface area contributed by atoms with Crippen LogP contribution in [0.2, 0.25) is 0 Å². The average Bonchev–Trinajstić information content (AvgIpc) is 2.91. The summed E-state index contributed by atoms with van der Waals surface area (Å²) in [5, 5.41) is 10.8. The van der Waals surface area contributed by atoms with Crippen molar-refractivity contribution in [3.8, 4) is 0 Å². The van der Waals surface area contributed by atoms with E-state index >= 15 is 0 Å². The zero-order valence-electron chi connectivity index (χ0n) is 23.4. The molecule has 0 bridgehead atoms. The Morgan fingerprint density at radius 2 is 1.68 bits per heavy atom. The Labute approximate surface area is 228 Å². The van der Waals surface area contributed by atoms with E-state index in [9.17, 15) is 0 Å². The quantitative estimate of drug-likeness (QED) is 0.133. The second-order valence-corrected chi connectivity index (χ2v) is 11.2. The third kappa shape index (κ3) is 6.71. The number of hydrogen-bond acceptors (Lipinski definition) is 4. The van der Waals surface area contributed by atoms with Gasteiger partial charge in [-0.05, 0) is 79.5 Å². The highest BCUT2D eigenvalue weighted by Crippen LogP contribution is 2.31. The van der Waals surface area contributed by atoms with Gasteiger partial charge in [0, 0.05) is 41.6 Å². The van der Waals surface area contributed by atoms with Crippen molar-refractivity contribution in [3.05, 3.63) is 77.1 Å². The molecule has 1 saturated carbocycles. The lowest BCUT2D eigenvalue weighted by Gasteiger charge is -2.26. The lowest BCUT2D eigenvalue weighted by atomic mass is 9.79. The number of aryl methyl sites for hydroxylation is 2. The third-order valence-electron chi connectivity index (χ3n) is 8.29. The molecule has 0 aliphatic heterocycles. The number of nitrogens with zero attached hydrogens (tertiary/aromatic N) is 2. The van der Waals surface area contributed by atoms with Gasteiger partial charge in [-0.25, -0.2) is 4.98 Å². The van der Waals surface area contributed by atoms with Gasteiger partial charge in [0.05, 0.1) is 5.52 Å². The van der Waals surface area contributed by atoms with Gasteiger partial charge < -0.3 is 10.6 Å². The van der Waals surface area contributed by atoms with E-state index in [2.05, 4.69) is 71.9 Å². The summed E-state index contributed by atoms with van der Waals surface area (Å²) in [5.74, 6) is 1.92. The van der Waals surface area contributed by atoms with Gasteiger partial charge in [0.2, 0.25) is 0 Å². The van der Waals surface area contributed by atoms with Crippen LogP contribution in [0.4, 0.5) is 5.82 Å². The minimum absolute atomic E-state index is 0.942. The number of nitrogens with one attached hydrogen (secondary N) is 2. The van der Waals surface area contributed by atoms with Crippen molar-refractivity contribution in [2.75, 3.05) is 18.4 Å². The molecule has 2 N–H and O–H groups in total. The first kappa shape index (κ1) is 26.6. The van der Waals surface area contributed by atoms with Crippen LogP contribution >= 0.6 is 0 Å². The van der Waals surface area contributed by atoms with E-state index in [0.717, 1.165) is 48.7 Å². The fourth-order valence-electron chi connectivity index (χ4n) is 5.76. The smallest absolute Gasteiger partial charge is 0.134 e. The van der Waals surface area contributed by atoms with Crippen molar-refractivity contribution in [2.45, 2.75) is 84.6 Å². The molecule has 0 radical (unpaired) electrons. The van der Waals surface area contributed by atoms with Crippen LogP contribution in [-0.4, -0.2) is 23.1 Å². The second-order valence-electron chi connectivity index (χ2n) is 11.2. The minimum atomic E-state index is 0.942. The van der Waals surface area contributed by atoms with Gasteiger partial charge in [-0.15, -0.1) is 0 Å². The molecule has 1 aliphatic carbocycles. The predicted molar refractivity (Wildman–Crippen MR) is 162 cm³/mol. The molecule has 2 aromatic carbocycles. The molecule has 0 spiro atoms. The molecule has 5 rings (SSSR count). The van der Waals surface area contributed by atoms with Gasteiger partial charge in [-0.3, -0.25) is 4.98 Å². The molecule has 38 heavy (non-hydrogen) atoms. The fourth-order valence-corrected chi connectivity index (χ4v) is 5.76. The van der Waals surface area contributed by atoms with Crippen LogP contribution in [0.15, 0.2) is 54.9 Å². The molecule has 2 aromatic heterocycles. The number of hydrogen-bond donors (Lipinski definition) is 2. The maximum atomic E-state index is 4.94. The summed E-state index contributed by atoms with van der Waals surface area (Å²) >= 11 is 0. The highest BCUT2D eigenvalue weighted by atomic mass is 15.0. The van der Waals surface area contributed by atoms with Gasteiger partial charge in [0.25, 0.3) is 0 Å². The number of anilines is 1. The summed E-state index contributed by atoms with van der Waals surface area (Å²) in [6.45, 7) is 7.46. The van der Waals surface area contributed by atoms with E-state index < -0.39 is 0 Å². The van der Waals surface area contributed by atoms with E-state index in [0.29, 0.717) is 0 Å². The summed E-state index contributed by atoms with van der Waals surface area (Å²) in [7, 11) is 0. The van der Waals surface area contributed by atoms with Gasteiger partial charge in [0.15, 0.2) is 0 Å². The molecule has 1 fully saturated rings. The number of benzene rings is 2. The van der Waals surface area contributed by atoms with E-state index in [-0.39, 0.29) is 0 Å². The molecular formula is C34H44N4. The summed E-state index contributed by atoms with van der Waals surface area (Å²) in [5.41, 5.74) is 6.86. The number of fused-ring (bicyclic) bond motifs is 3. The first-order chi connectivity index (χ1) is 18.7. The fraction of sp³-hybridized carbons (Fsp3) is 0.471. The standard InChI is InChI=1S/C34H44N4/c1-3-28-22-27(13-14-29(28)21-26-10-9-11-26)23-35-17-7-5-4-6-8-18-37-34-31-16-19-36-24-32(31)30-15-12-25(2)20-33(30)38-34/h12-16,19-20,22,24,26,35H,3-11,17-18,21,23H2,1-2H3,(H,37,38). The number of unbranched alkanes of at least 4 members (excludes halogenated alkanes) is 4. The molecule has 4 heteroatoms. The monoisotopic (exact) mass is 508 g/mol. The Kier molecular flexibility index (Phi) is 9.24. The van der Waals surface area contributed by atoms with Crippen LogP contribution in [0.1, 0.15) is 80.5 Å². The minimum Gasteiger partial charge on any atom is -0.370 e. The van der Waals surface area contributed by atoms with Gasteiger partial charge in [-0.1, -0.05) is 75.8 Å².